The summed E-state index contributed by atoms with van der Waals surface area (Å²) in [6.07, 6.45) is 45.4. The van der Waals surface area contributed by atoms with E-state index in [-0.39, 0.29) is 18.5 Å². The summed E-state index contributed by atoms with van der Waals surface area (Å²) >= 11 is 0. The summed E-state index contributed by atoms with van der Waals surface area (Å²) in [4.78, 5) is 23.4. The van der Waals surface area contributed by atoms with Crippen LogP contribution in [0.4, 0.5) is 0 Å². The number of esters is 1. The average molecular weight is 601 g/mol. The van der Waals surface area contributed by atoms with Gasteiger partial charge in [0.25, 0.3) is 0 Å². The molecular formula is C39H68O4. The monoisotopic (exact) mass is 601 g/mol. The van der Waals surface area contributed by atoms with Gasteiger partial charge in [0, 0.05) is 12.8 Å². The van der Waals surface area contributed by atoms with Gasteiger partial charge in [-0.05, 0) is 70.6 Å². The van der Waals surface area contributed by atoms with E-state index >= 15 is 0 Å². The molecule has 0 aliphatic carbocycles. The molecule has 0 spiro atoms. The highest BCUT2D eigenvalue weighted by molar-refractivity contribution is 5.69. The fraction of sp³-hybridized carbons (Fsp3) is 0.744. The number of carboxylic acids is 1. The van der Waals surface area contributed by atoms with Crippen LogP contribution in [-0.4, -0.2) is 23.1 Å². The van der Waals surface area contributed by atoms with E-state index in [1.54, 1.807) is 0 Å². The molecule has 1 unspecified atom stereocenters. The van der Waals surface area contributed by atoms with E-state index in [1.807, 2.05) is 0 Å². The molecule has 0 aromatic carbocycles. The van der Waals surface area contributed by atoms with E-state index in [0.29, 0.717) is 12.8 Å². The van der Waals surface area contributed by atoms with E-state index in [9.17, 15) is 9.59 Å². The van der Waals surface area contributed by atoms with Crippen molar-refractivity contribution in [3.8, 4) is 0 Å². The summed E-state index contributed by atoms with van der Waals surface area (Å²) in [5.41, 5.74) is 0. The third-order valence-electron chi connectivity index (χ3n) is 7.82. The van der Waals surface area contributed by atoms with Crippen molar-refractivity contribution in [2.24, 2.45) is 0 Å². The van der Waals surface area contributed by atoms with E-state index in [0.717, 1.165) is 64.2 Å². The van der Waals surface area contributed by atoms with Gasteiger partial charge in [-0.2, -0.15) is 0 Å². The zero-order valence-electron chi connectivity index (χ0n) is 28.3. The van der Waals surface area contributed by atoms with Crippen molar-refractivity contribution in [3.05, 3.63) is 48.6 Å². The van der Waals surface area contributed by atoms with Crippen molar-refractivity contribution in [2.75, 3.05) is 0 Å². The highest BCUT2D eigenvalue weighted by Gasteiger charge is 2.15. The summed E-state index contributed by atoms with van der Waals surface area (Å²) in [5, 5.41) is 9.08. The second-order valence-corrected chi connectivity index (χ2v) is 12.1. The Balaban J connectivity index is 3.85. The molecular weight excluding hydrogens is 532 g/mol. The molecule has 43 heavy (non-hydrogen) atoms. The number of carbonyl (C=O) groups excluding carboxylic acids is 1. The minimum absolute atomic E-state index is 0.0606. The first-order chi connectivity index (χ1) is 21.1. The zero-order valence-corrected chi connectivity index (χ0v) is 28.3. The maximum atomic E-state index is 12.4. The number of unbranched alkanes of at least 4 members (excludes halogenated alkanes) is 16. The van der Waals surface area contributed by atoms with Gasteiger partial charge in [-0.15, -0.1) is 0 Å². The lowest BCUT2D eigenvalue weighted by molar-refractivity contribution is -0.151. The lowest BCUT2D eigenvalue weighted by atomic mass is 10.0. The number of allylic oxidation sites excluding steroid dienone is 8. The van der Waals surface area contributed by atoms with E-state index in [1.165, 1.54) is 83.5 Å². The number of rotatable bonds is 32. The summed E-state index contributed by atoms with van der Waals surface area (Å²) < 4.78 is 5.70. The summed E-state index contributed by atoms with van der Waals surface area (Å²) in [6.45, 7) is 4.49. The van der Waals surface area contributed by atoms with Gasteiger partial charge in [0.05, 0.1) is 0 Å². The molecule has 4 heteroatoms. The van der Waals surface area contributed by atoms with Crippen LogP contribution in [0.2, 0.25) is 0 Å². The molecule has 0 fully saturated rings. The fourth-order valence-corrected chi connectivity index (χ4v) is 5.10. The molecule has 4 nitrogen and oxygen atoms in total. The van der Waals surface area contributed by atoms with Crippen molar-refractivity contribution < 1.29 is 19.4 Å². The Morgan fingerprint density at radius 1 is 0.512 bits per heavy atom. The Hall–Kier alpha value is -2.10. The minimum atomic E-state index is -0.822. The Bertz CT molecular complexity index is 734. The molecule has 0 bridgehead atoms. The molecule has 0 aliphatic heterocycles. The van der Waals surface area contributed by atoms with Crippen molar-refractivity contribution in [2.45, 2.75) is 187 Å². The van der Waals surface area contributed by atoms with Gasteiger partial charge in [0.1, 0.15) is 6.10 Å². The van der Waals surface area contributed by atoms with Crippen molar-refractivity contribution in [3.63, 3.8) is 0 Å². The Morgan fingerprint density at radius 3 is 1.44 bits per heavy atom. The molecule has 1 N–H and O–H groups in total. The number of aliphatic carboxylic acids is 1. The molecule has 0 rings (SSSR count). The van der Waals surface area contributed by atoms with Gasteiger partial charge in [-0.25, -0.2) is 0 Å². The largest absolute Gasteiger partial charge is 0.481 e. The second kappa shape index (κ2) is 34.4. The highest BCUT2D eigenvalue weighted by Crippen LogP contribution is 2.17. The van der Waals surface area contributed by atoms with Crippen LogP contribution in [0.5, 0.6) is 0 Å². The SMILES string of the molecule is CCCCC/C=C\C/C=C\C/C=C\C/C=C\CCCCCC(=O)OC(CCCCCCCCCCCCC)CCC(=O)O. The maximum Gasteiger partial charge on any atom is 0.306 e. The first kappa shape index (κ1) is 40.9. The molecule has 0 heterocycles. The lowest BCUT2D eigenvalue weighted by Gasteiger charge is -2.17. The third kappa shape index (κ3) is 34.3. The van der Waals surface area contributed by atoms with Crippen LogP contribution in [-0.2, 0) is 14.3 Å². The summed E-state index contributed by atoms with van der Waals surface area (Å²) in [5.74, 6) is -0.993. The summed E-state index contributed by atoms with van der Waals surface area (Å²) in [7, 11) is 0. The van der Waals surface area contributed by atoms with Crippen LogP contribution >= 0.6 is 0 Å². The standard InChI is InChI=1S/C39H68O4/c1-3-5-7-9-11-13-15-16-17-18-19-20-21-22-24-26-28-30-32-34-39(42)43-37(35-36-38(40)41)33-31-29-27-25-23-14-12-10-8-6-4-2/h11,13,16-17,19-20,22,24,37H,3-10,12,14-15,18,21,23,25-36H2,1-2H3,(H,40,41)/b13-11-,17-16-,20-19-,24-22-. The maximum absolute atomic E-state index is 12.4. The van der Waals surface area contributed by atoms with Crippen LogP contribution in [0.1, 0.15) is 181 Å². The summed E-state index contributed by atoms with van der Waals surface area (Å²) in [6, 6.07) is 0. The minimum Gasteiger partial charge on any atom is -0.481 e. The van der Waals surface area contributed by atoms with Gasteiger partial charge in [0.15, 0.2) is 0 Å². The smallest absolute Gasteiger partial charge is 0.306 e. The highest BCUT2D eigenvalue weighted by atomic mass is 16.5. The molecule has 0 aliphatic rings. The number of hydrogen-bond acceptors (Lipinski definition) is 3. The molecule has 0 radical (unpaired) electrons. The quantitative estimate of drug-likeness (QED) is 0.0474. The average Bonchev–Trinajstić information content (AvgIpc) is 2.99. The number of carbonyl (C=O) groups is 2. The topological polar surface area (TPSA) is 63.6 Å². The van der Waals surface area contributed by atoms with Crippen molar-refractivity contribution in [1.82, 2.24) is 0 Å². The normalized spacial score (nSPS) is 12.8. The molecule has 0 amide bonds. The first-order valence-corrected chi connectivity index (χ1v) is 18.1. The third-order valence-corrected chi connectivity index (χ3v) is 7.82. The Labute approximate surface area is 266 Å². The second-order valence-electron chi connectivity index (χ2n) is 12.1. The molecule has 0 aromatic heterocycles. The molecule has 1 atom stereocenters. The van der Waals surface area contributed by atoms with Gasteiger partial charge in [-0.3, -0.25) is 9.59 Å². The molecule has 0 saturated carbocycles. The Morgan fingerprint density at radius 2 is 0.930 bits per heavy atom. The van der Waals surface area contributed by atoms with Gasteiger partial charge in [0.2, 0.25) is 0 Å². The van der Waals surface area contributed by atoms with Crippen LogP contribution < -0.4 is 0 Å². The van der Waals surface area contributed by atoms with E-state index in [4.69, 9.17) is 9.84 Å². The van der Waals surface area contributed by atoms with Crippen molar-refractivity contribution >= 4 is 11.9 Å². The lowest BCUT2D eigenvalue weighted by Crippen LogP contribution is -2.19. The zero-order chi connectivity index (χ0) is 31.5. The molecule has 248 valence electrons. The van der Waals surface area contributed by atoms with Crippen LogP contribution in [0.25, 0.3) is 0 Å². The van der Waals surface area contributed by atoms with Gasteiger partial charge >= 0.3 is 11.9 Å². The van der Waals surface area contributed by atoms with Crippen molar-refractivity contribution in [1.29, 1.82) is 0 Å². The predicted molar refractivity (Wildman–Crippen MR) is 185 cm³/mol. The van der Waals surface area contributed by atoms with Crippen LogP contribution in [0.15, 0.2) is 48.6 Å². The Kier molecular flexibility index (Phi) is 32.7. The van der Waals surface area contributed by atoms with Crippen LogP contribution in [0.3, 0.4) is 0 Å². The molecule has 0 aromatic rings. The number of hydrogen-bond donors (Lipinski definition) is 1. The van der Waals surface area contributed by atoms with Gasteiger partial charge in [-0.1, -0.05) is 146 Å². The number of carboxylic acid groups (broad SMARTS) is 1. The van der Waals surface area contributed by atoms with Crippen LogP contribution in [0, 0.1) is 0 Å². The fourth-order valence-electron chi connectivity index (χ4n) is 5.10. The van der Waals surface area contributed by atoms with E-state index < -0.39 is 5.97 Å². The predicted octanol–water partition coefficient (Wildman–Crippen LogP) is 12.4. The van der Waals surface area contributed by atoms with Gasteiger partial charge < -0.3 is 9.84 Å². The molecule has 0 saturated heterocycles. The first-order valence-electron chi connectivity index (χ1n) is 18.1. The van der Waals surface area contributed by atoms with E-state index in [2.05, 4.69) is 62.5 Å². The number of ether oxygens (including phenoxy) is 1.